The van der Waals surface area contributed by atoms with E-state index in [4.69, 9.17) is 0 Å². The van der Waals surface area contributed by atoms with Crippen LogP contribution >= 0.6 is 0 Å². The lowest BCUT2D eigenvalue weighted by atomic mass is 10.1. The zero-order valence-corrected chi connectivity index (χ0v) is 11.9. The Morgan fingerprint density at radius 1 is 1.17 bits per heavy atom. The Hall–Kier alpha value is -3.16. The quantitative estimate of drug-likeness (QED) is 0.534. The van der Waals surface area contributed by atoms with Crippen LogP contribution in [0.4, 0.5) is 14.5 Å². The number of carbonyl (C=O) groups excluding carboxylic acids is 1. The van der Waals surface area contributed by atoms with E-state index in [9.17, 15) is 23.7 Å². The van der Waals surface area contributed by atoms with E-state index < -0.39 is 22.5 Å². The van der Waals surface area contributed by atoms with Crippen molar-refractivity contribution < 1.29 is 18.5 Å². The number of hydrogen-bond acceptors (Lipinski definition) is 4. The van der Waals surface area contributed by atoms with Gasteiger partial charge in [-0.1, -0.05) is 0 Å². The van der Waals surface area contributed by atoms with E-state index in [1.807, 2.05) is 0 Å². The number of nitrogens with zero attached hydrogens (tertiary/aromatic N) is 2. The first-order valence-corrected chi connectivity index (χ1v) is 6.43. The van der Waals surface area contributed by atoms with Crippen molar-refractivity contribution in [2.45, 2.75) is 6.92 Å². The van der Waals surface area contributed by atoms with Gasteiger partial charge in [0.2, 0.25) is 0 Å². The summed E-state index contributed by atoms with van der Waals surface area (Å²) in [5.74, 6) is -1.93. The molecule has 6 nitrogen and oxygen atoms in total. The summed E-state index contributed by atoms with van der Waals surface area (Å²) in [6.07, 6.45) is 0. The number of carbonyl (C=O) groups is 1. The molecule has 0 atom stereocenters. The molecule has 0 aliphatic carbocycles. The second-order valence-electron chi connectivity index (χ2n) is 4.57. The number of hydrogen-bond donors (Lipinski definition) is 1. The van der Waals surface area contributed by atoms with Gasteiger partial charge in [0, 0.05) is 23.3 Å². The summed E-state index contributed by atoms with van der Waals surface area (Å²) in [5, 5.41) is 14.2. The zero-order chi connectivity index (χ0) is 17.0. The van der Waals surface area contributed by atoms with Gasteiger partial charge in [-0.05, 0) is 37.3 Å². The molecule has 0 fully saturated rings. The number of non-ortho nitro benzene ring substituents is 1. The van der Waals surface area contributed by atoms with Gasteiger partial charge in [0.05, 0.1) is 10.6 Å². The molecule has 0 bridgehead atoms. The second kappa shape index (κ2) is 6.73. The van der Waals surface area contributed by atoms with Crippen molar-refractivity contribution in [3.05, 3.63) is 75.3 Å². The first-order valence-electron chi connectivity index (χ1n) is 6.43. The van der Waals surface area contributed by atoms with Crippen molar-refractivity contribution in [3.63, 3.8) is 0 Å². The van der Waals surface area contributed by atoms with Gasteiger partial charge < -0.3 is 0 Å². The van der Waals surface area contributed by atoms with Crippen LogP contribution in [0.2, 0.25) is 0 Å². The molecule has 0 unspecified atom stereocenters. The van der Waals surface area contributed by atoms with Crippen LogP contribution in [-0.4, -0.2) is 16.5 Å². The maximum absolute atomic E-state index is 13.6. The Bertz CT molecular complexity index is 789. The molecule has 8 heteroatoms. The highest BCUT2D eigenvalue weighted by Gasteiger charge is 2.10. The van der Waals surface area contributed by atoms with E-state index in [1.54, 1.807) is 0 Å². The molecule has 0 spiro atoms. The second-order valence-corrected chi connectivity index (χ2v) is 4.57. The molecule has 2 aromatic rings. The lowest BCUT2D eigenvalue weighted by Gasteiger charge is -2.04. The summed E-state index contributed by atoms with van der Waals surface area (Å²) in [4.78, 5) is 21.8. The summed E-state index contributed by atoms with van der Waals surface area (Å²) in [6, 6.07) is 7.78. The Morgan fingerprint density at radius 3 is 2.43 bits per heavy atom. The van der Waals surface area contributed by atoms with Gasteiger partial charge in [0.1, 0.15) is 11.6 Å². The topological polar surface area (TPSA) is 84.6 Å². The summed E-state index contributed by atoms with van der Waals surface area (Å²) in [6.45, 7) is 1.41. The molecule has 0 saturated heterocycles. The molecule has 23 heavy (non-hydrogen) atoms. The molecule has 1 N–H and O–H groups in total. The van der Waals surface area contributed by atoms with Crippen LogP contribution in [0.1, 0.15) is 22.8 Å². The van der Waals surface area contributed by atoms with Gasteiger partial charge in [-0.15, -0.1) is 0 Å². The fourth-order valence-corrected chi connectivity index (χ4v) is 1.77. The summed E-state index contributed by atoms with van der Waals surface area (Å²) in [7, 11) is 0. The fourth-order valence-electron chi connectivity index (χ4n) is 1.77. The highest BCUT2D eigenvalue weighted by molar-refractivity contribution is 6.01. The maximum Gasteiger partial charge on any atom is 0.271 e. The largest absolute Gasteiger partial charge is 0.271 e. The van der Waals surface area contributed by atoms with Crippen molar-refractivity contribution >= 4 is 17.3 Å². The molecule has 118 valence electrons. The van der Waals surface area contributed by atoms with E-state index in [1.165, 1.54) is 31.2 Å². The van der Waals surface area contributed by atoms with Crippen molar-refractivity contribution in [3.8, 4) is 0 Å². The Kier molecular flexibility index (Phi) is 4.75. The number of rotatable bonds is 4. The highest BCUT2D eigenvalue weighted by Crippen LogP contribution is 2.12. The number of nitro benzene ring substituents is 1. The lowest BCUT2D eigenvalue weighted by Crippen LogP contribution is -2.19. The van der Waals surface area contributed by atoms with Gasteiger partial charge in [0.15, 0.2) is 0 Å². The maximum atomic E-state index is 13.6. The smallest absolute Gasteiger partial charge is 0.267 e. The molecule has 0 aromatic heterocycles. The summed E-state index contributed by atoms with van der Waals surface area (Å²) >= 11 is 0. The van der Waals surface area contributed by atoms with E-state index >= 15 is 0 Å². The highest BCUT2D eigenvalue weighted by atomic mass is 19.1. The van der Waals surface area contributed by atoms with Crippen molar-refractivity contribution in [2.24, 2.45) is 5.10 Å². The van der Waals surface area contributed by atoms with Crippen LogP contribution in [0.25, 0.3) is 0 Å². The molecular formula is C15H11F2N3O3. The van der Waals surface area contributed by atoms with E-state index in [0.29, 0.717) is 0 Å². The van der Waals surface area contributed by atoms with Crippen molar-refractivity contribution in [1.29, 1.82) is 0 Å². The number of hydrazone groups is 1. The Balaban J connectivity index is 2.13. The average molecular weight is 319 g/mol. The fraction of sp³-hybridized carbons (Fsp3) is 0.0667. The molecule has 0 heterocycles. The average Bonchev–Trinajstić information content (AvgIpc) is 2.54. The van der Waals surface area contributed by atoms with Crippen molar-refractivity contribution in [1.82, 2.24) is 5.43 Å². The van der Waals surface area contributed by atoms with Gasteiger partial charge >= 0.3 is 0 Å². The predicted octanol–water partition coefficient (Wildman–Crippen LogP) is 3.03. The van der Waals surface area contributed by atoms with Gasteiger partial charge in [-0.25, -0.2) is 14.2 Å². The van der Waals surface area contributed by atoms with Crippen LogP contribution in [0, 0.1) is 21.7 Å². The van der Waals surface area contributed by atoms with Crippen LogP contribution in [-0.2, 0) is 0 Å². The van der Waals surface area contributed by atoms with E-state index in [0.717, 1.165) is 18.2 Å². The number of nitro groups is 1. The minimum absolute atomic E-state index is 0.0750. The van der Waals surface area contributed by atoms with Crippen LogP contribution in [0.3, 0.4) is 0 Å². The predicted molar refractivity (Wildman–Crippen MR) is 79.1 cm³/mol. The Labute approximate surface area is 129 Å². The number of amides is 1. The molecule has 0 radical (unpaired) electrons. The Morgan fingerprint density at radius 2 is 1.83 bits per heavy atom. The number of halogens is 2. The number of nitrogens with one attached hydrogen (secondary N) is 1. The minimum atomic E-state index is -0.669. The van der Waals surface area contributed by atoms with Gasteiger partial charge in [0.25, 0.3) is 11.6 Å². The molecular weight excluding hydrogens is 308 g/mol. The third-order valence-corrected chi connectivity index (χ3v) is 2.98. The van der Waals surface area contributed by atoms with Gasteiger partial charge in [-0.3, -0.25) is 14.9 Å². The number of benzene rings is 2. The molecule has 2 rings (SSSR count). The minimum Gasteiger partial charge on any atom is -0.267 e. The van der Waals surface area contributed by atoms with Crippen LogP contribution in [0.15, 0.2) is 47.6 Å². The first kappa shape index (κ1) is 16.2. The standard InChI is InChI=1S/C15H11F2N3O3/c1-9(13-8-11(16)4-7-14(13)17)18-19-15(21)10-2-5-12(6-3-10)20(22)23/h2-8H,1H3,(H,19,21)/b18-9-. The first-order chi connectivity index (χ1) is 10.9. The monoisotopic (exact) mass is 319 g/mol. The van der Waals surface area contributed by atoms with E-state index in [-0.39, 0.29) is 22.5 Å². The van der Waals surface area contributed by atoms with E-state index in [2.05, 4.69) is 10.5 Å². The third-order valence-electron chi connectivity index (χ3n) is 2.98. The zero-order valence-electron chi connectivity index (χ0n) is 11.9. The summed E-state index contributed by atoms with van der Waals surface area (Å²) in [5.41, 5.74) is 2.18. The van der Waals surface area contributed by atoms with Gasteiger partial charge in [-0.2, -0.15) is 5.10 Å². The normalized spacial score (nSPS) is 11.2. The molecule has 2 aromatic carbocycles. The molecule has 0 saturated carbocycles. The molecule has 0 aliphatic heterocycles. The summed E-state index contributed by atoms with van der Waals surface area (Å²) < 4.78 is 26.7. The lowest BCUT2D eigenvalue weighted by molar-refractivity contribution is -0.384. The SMILES string of the molecule is C/C(=N/NC(=O)c1ccc([N+](=O)[O-])cc1)c1cc(F)ccc1F. The van der Waals surface area contributed by atoms with Crippen LogP contribution < -0.4 is 5.43 Å². The van der Waals surface area contributed by atoms with Crippen LogP contribution in [0.5, 0.6) is 0 Å². The molecule has 0 aliphatic rings. The van der Waals surface area contributed by atoms with Crippen molar-refractivity contribution in [2.75, 3.05) is 0 Å². The third kappa shape index (κ3) is 3.94. The molecule has 1 amide bonds.